The molecule has 0 aromatic carbocycles. The summed E-state index contributed by atoms with van der Waals surface area (Å²) in [7, 11) is 0. The summed E-state index contributed by atoms with van der Waals surface area (Å²) in [6.45, 7) is -0.412. The fourth-order valence-corrected chi connectivity index (χ4v) is 1.52. The molecule has 1 heterocycles. The van der Waals surface area contributed by atoms with Gasteiger partial charge in [0.05, 0.1) is 16.5 Å². The first-order valence-electron chi connectivity index (χ1n) is 4.10. The van der Waals surface area contributed by atoms with Gasteiger partial charge in [-0.2, -0.15) is 0 Å². The number of rotatable bonds is 5. The van der Waals surface area contributed by atoms with Crippen molar-refractivity contribution in [3.05, 3.63) is 16.6 Å². The van der Waals surface area contributed by atoms with Gasteiger partial charge in [-0.25, -0.2) is 4.79 Å². The van der Waals surface area contributed by atoms with Crippen molar-refractivity contribution in [1.29, 1.82) is 0 Å². The lowest BCUT2D eigenvalue weighted by Gasteiger charge is -2.06. The van der Waals surface area contributed by atoms with Gasteiger partial charge in [0.1, 0.15) is 0 Å². The second-order valence-electron chi connectivity index (χ2n) is 2.77. The average molecular weight is 230 g/mol. The molecule has 0 fully saturated rings. The number of carbonyl (C=O) groups is 2. The standard InChI is InChI=1S/C8H10N2O4S/c9-8(13)14-3-5(11)1-6(12)7-2-10-4-15-7/h2,4,6,12H,1,3H2,(H2,9,13). The molecule has 0 saturated heterocycles. The maximum absolute atomic E-state index is 11.1. The summed E-state index contributed by atoms with van der Waals surface area (Å²) in [5.74, 6) is -0.394. The van der Waals surface area contributed by atoms with Crippen LogP contribution in [0.3, 0.4) is 0 Å². The van der Waals surface area contributed by atoms with Gasteiger partial charge in [0.2, 0.25) is 0 Å². The van der Waals surface area contributed by atoms with E-state index < -0.39 is 24.6 Å². The van der Waals surface area contributed by atoms with Crippen LogP contribution < -0.4 is 5.73 Å². The van der Waals surface area contributed by atoms with Crippen LogP contribution in [0, 0.1) is 0 Å². The van der Waals surface area contributed by atoms with E-state index in [2.05, 4.69) is 15.5 Å². The van der Waals surface area contributed by atoms with Crippen LogP contribution in [-0.2, 0) is 9.53 Å². The Morgan fingerprint density at radius 1 is 1.67 bits per heavy atom. The minimum absolute atomic E-state index is 0.116. The molecule has 3 N–H and O–H groups in total. The van der Waals surface area contributed by atoms with Crippen molar-refractivity contribution >= 4 is 23.2 Å². The van der Waals surface area contributed by atoms with Gasteiger partial charge in [-0.3, -0.25) is 9.78 Å². The zero-order valence-corrected chi connectivity index (χ0v) is 8.57. The molecule has 1 rings (SSSR count). The smallest absolute Gasteiger partial charge is 0.404 e. The highest BCUT2D eigenvalue weighted by Gasteiger charge is 2.15. The number of amides is 1. The summed E-state index contributed by atoms with van der Waals surface area (Å²) in [6.07, 6.45) is -0.537. The predicted octanol–water partition coefficient (Wildman–Crippen LogP) is 0.231. The van der Waals surface area contributed by atoms with E-state index in [1.54, 1.807) is 5.51 Å². The van der Waals surface area contributed by atoms with Gasteiger partial charge in [0.25, 0.3) is 0 Å². The second-order valence-corrected chi connectivity index (χ2v) is 3.69. The van der Waals surface area contributed by atoms with Gasteiger partial charge in [-0.1, -0.05) is 0 Å². The normalized spacial score (nSPS) is 12.1. The number of ether oxygens (including phenoxy) is 1. The molecule has 0 bridgehead atoms. The van der Waals surface area contributed by atoms with Crippen molar-refractivity contribution in [2.24, 2.45) is 5.73 Å². The van der Waals surface area contributed by atoms with Crippen LogP contribution in [0.4, 0.5) is 4.79 Å². The molecule has 0 aliphatic rings. The Kier molecular flexibility index (Phi) is 4.19. The molecule has 0 radical (unpaired) electrons. The number of thiazole rings is 1. The molecule has 1 amide bonds. The third-order valence-corrected chi connectivity index (χ3v) is 2.45. The fourth-order valence-electron chi connectivity index (χ4n) is 0.917. The maximum Gasteiger partial charge on any atom is 0.404 e. The molecular formula is C8H10N2O4S. The number of hydrogen-bond donors (Lipinski definition) is 2. The summed E-state index contributed by atoms with van der Waals surface area (Å²) in [5, 5.41) is 9.52. The zero-order valence-electron chi connectivity index (χ0n) is 7.75. The highest BCUT2D eigenvalue weighted by molar-refractivity contribution is 7.09. The van der Waals surface area contributed by atoms with E-state index in [9.17, 15) is 14.7 Å². The van der Waals surface area contributed by atoms with E-state index in [-0.39, 0.29) is 6.42 Å². The first kappa shape index (κ1) is 11.6. The van der Waals surface area contributed by atoms with E-state index >= 15 is 0 Å². The summed E-state index contributed by atoms with van der Waals surface area (Å²) in [5.41, 5.74) is 6.24. The lowest BCUT2D eigenvalue weighted by molar-refractivity contribution is -0.123. The lowest BCUT2D eigenvalue weighted by atomic mass is 10.2. The Bertz CT molecular complexity index is 338. The number of nitrogens with two attached hydrogens (primary N) is 1. The van der Waals surface area contributed by atoms with Gasteiger partial charge in [0.15, 0.2) is 12.4 Å². The average Bonchev–Trinajstić information content (AvgIpc) is 2.67. The van der Waals surface area contributed by atoms with E-state index in [4.69, 9.17) is 0 Å². The molecule has 1 atom stereocenters. The number of ketones is 1. The minimum Gasteiger partial charge on any atom is -0.442 e. The molecule has 15 heavy (non-hydrogen) atoms. The first-order valence-corrected chi connectivity index (χ1v) is 4.98. The molecule has 0 aliphatic heterocycles. The Labute approximate surface area is 89.7 Å². The molecule has 82 valence electrons. The highest BCUT2D eigenvalue weighted by atomic mass is 32.1. The summed E-state index contributed by atoms with van der Waals surface area (Å²) >= 11 is 1.25. The molecule has 1 aromatic heterocycles. The van der Waals surface area contributed by atoms with Crippen molar-refractivity contribution in [3.63, 3.8) is 0 Å². The van der Waals surface area contributed by atoms with Crippen LogP contribution in [-0.4, -0.2) is 28.6 Å². The molecule has 1 aromatic rings. The van der Waals surface area contributed by atoms with Crippen molar-refractivity contribution in [2.45, 2.75) is 12.5 Å². The van der Waals surface area contributed by atoms with Crippen LogP contribution in [0.15, 0.2) is 11.7 Å². The van der Waals surface area contributed by atoms with Crippen LogP contribution in [0.25, 0.3) is 0 Å². The number of nitrogens with zero attached hydrogens (tertiary/aromatic N) is 1. The Morgan fingerprint density at radius 3 is 2.93 bits per heavy atom. The van der Waals surface area contributed by atoms with Crippen molar-refractivity contribution in [1.82, 2.24) is 4.98 Å². The molecule has 7 heteroatoms. The minimum atomic E-state index is -1.00. The predicted molar refractivity (Wildman–Crippen MR) is 52.2 cm³/mol. The molecule has 6 nitrogen and oxygen atoms in total. The number of hydrogen-bond acceptors (Lipinski definition) is 6. The number of Topliss-reactive ketones (excluding diaryl/α,β-unsaturated/α-hetero) is 1. The second kappa shape index (κ2) is 5.42. The number of aliphatic hydroxyl groups excluding tert-OH is 1. The summed E-state index contributed by atoms with van der Waals surface area (Å²) in [6, 6.07) is 0. The SMILES string of the molecule is NC(=O)OCC(=O)CC(O)c1cncs1. The first-order chi connectivity index (χ1) is 7.09. The summed E-state index contributed by atoms with van der Waals surface area (Å²) < 4.78 is 4.29. The van der Waals surface area contributed by atoms with Crippen LogP contribution in [0.1, 0.15) is 17.4 Å². The van der Waals surface area contributed by atoms with Gasteiger partial charge < -0.3 is 15.6 Å². The molecule has 0 saturated carbocycles. The van der Waals surface area contributed by atoms with Gasteiger partial charge in [0, 0.05) is 12.6 Å². The van der Waals surface area contributed by atoms with E-state index in [1.165, 1.54) is 17.5 Å². The lowest BCUT2D eigenvalue weighted by Crippen LogP contribution is -2.19. The highest BCUT2D eigenvalue weighted by Crippen LogP contribution is 2.20. The Hall–Kier alpha value is -1.47. The maximum atomic E-state index is 11.1. The molecular weight excluding hydrogens is 220 g/mol. The molecule has 1 unspecified atom stereocenters. The third-order valence-electron chi connectivity index (χ3n) is 1.58. The summed E-state index contributed by atoms with van der Waals surface area (Å²) in [4.78, 5) is 25.7. The van der Waals surface area contributed by atoms with Gasteiger partial charge >= 0.3 is 6.09 Å². The zero-order chi connectivity index (χ0) is 11.3. The quantitative estimate of drug-likeness (QED) is 0.753. The van der Waals surface area contributed by atoms with Gasteiger partial charge in [-0.05, 0) is 0 Å². The monoisotopic (exact) mass is 230 g/mol. The Balaban J connectivity index is 2.35. The van der Waals surface area contributed by atoms with Crippen molar-refractivity contribution in [2.75, 3.05) is 6.61 Å². The fraction of sp³-hybridized carbons (Fsp3) is 0.375. The van der Waals surface area contributed by atoms with Crippen molar-refractivity contribution in [3.8, 4) is 0 Å². The van der Waals surface area contributed by atoms with Crippen LogP contribution in [0.2, 0.25) is 0 Å². The number of carbonyl (C=O) groups excluding carboxylic acids is 2. The molecule has 0 spiro atoms. The Morgan fingerprint density at radius 2 is 2.40 bits per heavy atom. The molecule has 0 aliphatic carbocycles. The van der Waals surface area contributed by atoms with E-state index in [0.717, 1.165) is 0 Å². The third kappa shape index (κ3) is 4.05. The largest absolute Gasteiger partial charge is 0.442 e. The number of primary amides is 1. The number of aliphatic hydroxyl groups is 1. The van der Waals surface area contributed by atoms with E-state index in [1.807, 2.05) is 0 Å². The van der Waals surface area contributed by atoms with Gasteiger partial charge in [-0.15, -0.1) is 11.3 Å². The van der Waals surface area contributed by atoms with Crippen LogP contribution >= 0.6 is 11.3 Å². The van der Waals surface area contributed by atoms with E-state index in [0.29, 0.717) is 4.88 Å². The van der Waals surface area contributed by atoms with Crippen molar-refractivity contribution < 1.29 is 19.4 Å². The number of aromatic nitrogens is 1. The topological polar surface area (TPSA) is 103 Å². The van der Waals surface area contributed by atoms with Crippen LogP contribution in [0.5, 0.6) is 0 Å².